The Kier molecular flexibility index (Phi) is 2.86. The lowest BCUT2D eigenvalue weighted by atomic mass is 9.94. The van der Waals surface area contributed by atoms with Gasteiger partial charge in [0.25, 0.3) is 0 Å². The van der Waals surface area contributed by atoms with Crippen molar-refractivity contribution in [3.63, 3.8) is 0 Å². The van der Waals surface area contributed by atoms with Crippen molar-refractivity contribution in [1.29, 1.82) is 0 Å². The first-order chi connectivity index (χ1) is 9.16. The first kappa shape index (κ1) is 12.0. The normalized spacial score (nSPS) is 11.4. The Labute approximate surface area is 113 Å². The van der Waals surface area contributed by atoms with Gasteiger partial charge in [-0.05, 0) is 28.7 Å². The van der Waals surface area contributed by atoms with Crippen LogP contribution >= 0.6 is 0 Å². The molecule has 0 aliphatic rings. The molecule has 0 spiro atoms. The lowest BCUT2D eigenvalue weighted by Crippen LogP contribution is -1.93. The standard InChI is InChI=1S/C17H18N2/c1-12(2)15-9-14(13-7-5-4-6-8-13)10-17-16(15)11-18-19(17)3/h4-12H,1-3H3. The first-order valence-electron chi connectivity index (χ1n) is 6.68. The topological polar surface area (TPSA) is 17.8 Å². The van der Waals surface area contributed by atoms with Gasteiger partial charge in [0.05, 0.1) is 11.7 Å². The van der Waals surface area contributed by atoms with Gasteiger partial charge < -0.3 is 0 Å². The van der Waals surface area contributed by atoms with Crippen LogP contribution in [0, 0.1) is 0 Å². The first-order valence-corrected chi connectivity index (χ1v) is 6.68. The van der Waals surface area contributed by atoms with Crippen molar-refractivity contribution in [2.45, 2.75) is 19.8 Å². The van der Waals surface area contributed by atoms with Crippen molar-refractivity contribution in [3.05, 3.63) is 54.2 Å². The van der Waals surface area contributed by atoms with Crippen LogP contribution < -0.4 is 0 Å². The molecule has 0 N–H and O–H groups in total. The van der Waals surface area contributed by atoms with Gasteiger partial charge in [0.15, 0.2) is 0 Å². The molecule has 0 radical (unpaired) electrons. The molecule has 0 aliphatic heterocycles. The van der Waals surface area contributed by atoms with E-state index in [1.807, 2.05) is 17.9 Å². The summed E-state index contributed by atoms with van der Waals surface area (Å²) in [4.78, 5) is 0. The largest absolute Gasteiger partial charge is 0.268 e. The molecule has 0 amide bonds. The zero-order valence-electron chi connectivity index (χ0n) is 11.6. The third-order valence-corrected chi connectivity index (χ3v) is 3.63. The lowest BCUT2D eigenvalue weighted by molar-refractivity contribution is 0.797. The third kappa shape index (κ3) is 2.03. The number of nitrogens with zero attached hydrogens (tertiary/aromatic N) is 2. The summed E-state index contributed by atoms with van der Waals surface area (Å²) in [5, 5.41) is 5.65. The summed E-state index contributed by atoms with van der Waals surface area (Å²) < 4.78 is 1.95. The van der Waals surface area contributed by atoms with Gasteiger partial charge >= 0.3 is 0 Å². The molecule has 3 aromatic rings. The van der Waals surface area contributed by atoms with Crippen molar-refractivity contribution in [2.24, 2.45) is 7.05 Å². The maximum Gasteiger partial charge on any atom is 0.0688 e. The molecule has 0 aliphatic carbocycles. The molecular weight excluding hydrogens is 232 g/mol. The van der Waals surface area contributed by atoms with Gasteiger partial charge in [-0.15, -0.1) is 0 Å². The van der Waals surface area contributed by atoms with E-state index in [0.29, 0.717) is 5.92 Å². The van der Waals surface area contributed by atoms with Gasteiger partial charge in [0.1, 0.15) is 0 Å². The molecule has 0 saturated heterocycles. The van der Waals surface area contributed by atoms with Crippen LogP contribution in [0.2, 0.25) is 0 Å². The monoisotopic (exact) mass is 250 g/mol. The summed E-state index contributed by atoms with van der Waals surface area (Å²) in [6.07, 6.45) is 1.97. The van der Waals surface area contributed by atoms with E-state index in [1.165, 1.54) is 27.6 Å². The Morgan fingerprint density at radius 2 is 1.74 bits per heavy atom. The zero-order valence-corrected chi connectivity index (χ0v) is 11.6. The fourth-order valence-corrected chi connectivity index (χ4v) is 2.55. The van der Waals surface area contributed by atoms with E-state index in [-0.39, 0.29) is 0 Å². The molecule has 0 fully saturated rings. The van der Waals surface area contributed by atoms with Crippen LogP contribution in [0.3, 0.4) is 0 Å². The van der Waals surface area contributed by atoms with Crippen molar-refractivity contribution in [2.75, 3.05) is 0 Å². The molecule has 0 atom stereocenters. The highest BCUT2D eigenvalue weighted by molar-refractivity contribution is 5.88. The molecule has 3 rings (SSSR count). The maximum atomic E-state index is 4.39. The smallest absolute Gasteiger partial charge is 0.0688 e. The Hall–Kier alpha value is -2.09. The minimum Gasteiger partial charge on any atom is -0.268 e. The Bertz CT molecular complexity index is 709. The molecule has 0 unspecified atom stereocenters. The minimum absolute atomic E-state index is 0.496. The van der Waals surface area contributed by atoms with Crippen LogP contribution in [0.25, 0.3) is 22.0 Å². The average molecular weight is 250 g/mol. The zero-order chi connectivity index (χ0) is 13.4. The predicted octanol–water partition coefficient (Wildman–Crippen LogP) is 4.36. The van der Waals surface area contributed by atoms with Gasteiger partial charge in [-0.25, -0.2) is 0 Å². The van der Waals surface area contributed by atoms with Gasteiger partial charge in [-0.1, -0.05) is 50.2 Å². The molecule has 2 heteroatoms. The third-order valence-electron chi connectivity index (χ3n) is 3.63. The Morgan fingerprint density at radius 3 is 2.42 bits per heavy atom. The number of fused-ring (bicyclic) bond motifs is 1. The van der Waals surface area contributed by atoms with Crippen LogP contribution in [0.4, 0.5) is 0 Å². The molecule has 2 nitrogen and oxygen atoms in total. The highest BCUT2D eigenvalue weighted by Gasteiger charge is 2.11. The van der Waals surface area contributed by atoms with Crippen molar-refractivity contribution in [1.82, 2.24) is 9.78 Å². The quantitative estimate of drug-likeness (QED) is 0.660. The Morgan fingerprint density at radius 1 is 1.00 bits per heavy atom. The SMILES string of the molecule is CC(C)c1cc(-c2ccccc2)cc2c1cnn2C. The molecule has 2 aromatic carbocycles. The molecule has 19 heavy (non-hydrogen) atoms. The van der Waals surface area contributed by atoms with Crippen LogP contribution in [0.15, 0.2) is 48.7 Å². The molecular formula is C17H18N2. The minimum atomic E-state index is 0.496. The van der Waals surface area contributed by atoms with Crippen molar-refractivity contribution >= 4 is 10.9 Å². The fourth-order valence-electron chi connectivity index (χ4n) is 2.55. The number of hydrogen-bond acceptors (Lipinski definition) is 1. The van der Waals surface area contributed by atoms with Crippen molar-refractivity contribution in [3.8, 4) is 11.1 Å². The summed E-state index contributed by atoms with van der Waals surface area (Å²) >= 11 is 0. The number of rotatable bonds is 2. The van der Waals surface area contributed by atoms with Crippen molar-refractivity contribution < 1.29 is 0 Å². The summed E-state index contributed by atoms with van der Waals surface area (Å²) in [5.41, 5.74) is 5.09. The van der Waals surface area contributed by atoms with Gasteiger partial charge in [0, 0.05) is 12.4 Å². The van der Waals surface area contributed by atoms with Gasteiger partial charge in [-0.3, -0.25) is 4.68 Å². The second-order valence-corrected chi connectivity index (χ2v) is 5.29. The highest BCUT2D eigenvalue weighted by atomic mass is 15.2. The highest BCUT2D eigenvalue weighted by Crippen LogP contribution is 2.31. The fraction of sp³-hybridized carbons (Fsp3) is 0.235. The number of aromatic nitrogens is 2. The Balaban J connectivity index is 2.30. The number of aryl methyl sites for hydroxylation is 1. The van der Waals surface area contributed by atoms with E-state index in [1.54, 1.807) is 0 Å². The van der Waals surface area contributed by atoms with Crippen LogP contribution in [-0.4, -0.2) is 9.78 Å². The van der Waals surface area contributed by atoms with E-state index in [0.717, 1.165) is 0 Å². The summed E-state index contributed by atoms with van der Waals surface area (Å²) in [6, 6.07) is 15.0. The van der Waals surface area contributed by atoms with E-state index >= 15 is 0 Å². The molecule has 1 heterocycles. The van der Waals surface area contributed by atoms with E-state index < -0.39 is 0 Å². The lowest BCUT2D eigenvalue weighted by Gasteiger charge is -2.11. The molecule has 96 valence electrons. The van der Waals surface area contributed by atoms with E-state index in [4.69, 9.17) is 0 Å². The average Bonchev–Trinajstić information content (AvgIpc) is 2.80. The molecule has 1 aromatic heterocycles. The number of hydrogen-bond donors (Lipinski definition) is 0. The van der Waals surface area contributed by atoms with Crippen LogP contribution in [-0.2, 0) is 7.05 Å². The van der Waals surface area contributed by atoms with Gasteiger partial charge in [0.2, 0.25) is 0 Å². The summed E-state index contributed by atoms with van der Waals surface area (Å²) in [7, 11) is 2.00. The second kappa shape index (κ2) is 4.54. The van der Waals surface area contributed by atoms with Crippen LogP contribution in [0.1, 0.15) is 25.3 Å². The summed E-state index contributed by atoms with van der Waals surface area (Å²) in [6.45, 7) is 4.47. The maximum absolute atomic E-state index is 4.39. The van der Waals surface area contributed by atoms with Gasteiger partial charge in [-0.2, -0.15) is 5.10 Å². The molecule has 0 saturated carbocycles. The van der Waals surface area contributed by atoms with E-state index in [9.17, 15) is 0 Å². The van der Waals surface area contributed by atoms with E-state index in [2.05, 4.69) is 61.4 Å². The molecule has 0 bridgehead atoms. The number of benzene rings is 2. The van der Waals surface area contributed by atoms with Crippen LogP contribution in [0.5, 0.6) is 0 Å². The summed E-state index contributed by atoms with van der Waals surface area (Å²) in [5.74, 6) is 0.496. The second-order valence-electron chi connectivity index (χ2n) is 5.29. The predicted molar refractivity (Wildman–Crippen MR) is 80.2 cm³/mol.